The van der Waals surface area contributed by atoms with E-state index in [0.717, 1.165) is 6.61 Å². The van der Waals surface area contributed by atoms with Gasteiger partial charge in [0.2, 0.25) is 0 Å². The van der Waals surface area contributed by atoms with E-state index in [0.29, 0.717) is 12.0 Å². The van der Waals surface area contributed by atoms with Gasteiger partial charge in [-0.25, -0.2) is 0 Å². The lowest BCUT2D eigenvalue weighted by Gasteiger charge is -2.05. The van der Waals surface area contributed by atoms with Crippen LogP contribution in [-0.4, -0.2) is 12.7 Å². The summed E-state index contributed by atoms with van der Waals surface area (Å²) in [6.45, 7) is 8.87. The normalized spacial score (nSPS) is 38.5. The highest BCUT2D eigenvalue weighted by molar-refractivity contribution is 5.05. The molecule has 2 unspecified atom stereocenters. The largest absolute Gasteiger partial charge is 0.374 e. The van der Waals surface area contributed by atoms with Crippen molar-refractivity contribution in [2.24, 2.45) is 5.92 Å². The van der Waals surface area contributed by atoms with Gasteiger partial charge in [-0.05, 0) is 12.5 Å². The molecule has 1 heteroatoms. The highest BCUT2D eigenvalue weighted by atomic mass is 16.5. The van der Waals surface area contributed by atoms with Gasteiger partial charge in [-0.1, -0.05) is 13.5 Å². The molecule has 0 saturated carbocycles. The summed E-state index contributed by atoms with van der Waals surface area (Å²) in [5.74, 6) is 0.565. The molecule has 0 N–H and O–H groups in total. The smallest absolute Gasteiger partial charge is 0.0681 e. The first kappa shape index (κ1) is 5.83. The lowest BCUT2D eigenvalue weighted by atomic mass is 10.0. The molecule has 8 heavy (non-hydrogen) atoms. The molecule has 1 rings (SSSR count). The average molecular weight is 112 g/mol. The summed E-state index contributed by atoms with van der Waals surface area (Å²) in [7, 11) is 0. The first-order valence-electron chi connectivity index (χ1n) is 3.01. The van der Waals surface area contributed by atoms with Gasteiger partial charge in [0.1, 0.15) is 0 Å². The van der Waals surface area contributed by atoms with Crippen molar-refractivity contribution < 1.29 is 4.74 Å². The summed E-state index contributed by atoms with van der Waals surface area (Å²) in [4.78, 5) is 0. The molecule has 0 bridgehead atoms. The average Bonchev–Trinajstić information content (AvgIpc) is 1.98. The fourth-order valence-electron chi connectivity index (χ4n) is 0.846. The lowest BCUT2D eigenvalue weighted by Crippen LogP contribution is -2.06. The van der Waals surface area contributed by atoms with Crippen LogP contribution in [0.1, 0.15) is 13.8 Å². The van der Waals surface area contributed by atoms with E-state index in [1.54, 1.807) is 0 Å². The Morgan fingerprint density at radius 3 is 2.38 bits per heavy atom. The van der Waals surface area contributed by atoms with E-state index < -0.39 is 0 Å². The highest BCUT2D eigenvalue weighted by Crippen LogP contribution is 2.23. The van der Waals surface area contributed by atoms with Gasteiger partial charge in [0.15, 0.2) is 0 Å². The minimum Gasteiger partial charge on any atom is -0.374 e. The van der Waals surface area contributed by atoms with Crippen LogP contribution in [0.15, 0.2) is 12.2 Å². The van der Waals surface area contributed by atoms with Gasteiger partial charge in [0, 0.05) is 5.92 Å². The van der Waals surface area contributed by atoms with Gasteiger partial charge in [-0.2, -0.15) is 0 Å². The monoisotopic (exact) mass is 112 g/mol. The van der Waals surface area contributed by atoms with E-state index in [1.807, 2.05) is 0 Å². The minimum absolute atomic E-state index is 0.391. The molecule has 0 aromatic rings. The van der Waals surface area contributed by atoms with Crippen molar-refractivity contribution in [3.05, 3.63) is 12.2 Å². The summed E-state index contributed by atoms with van der Waals surface area (Å²) in [5, 5.41) is 0. The molecule has 0 aromatic heterocycles. The molecule has 1 nitrogen and oxygen atoms in total. The van der Waals surface area contributed by atoms with Gasteiger partial charge in [-0.3, -0.25) is 0 Å². The number of ether oxygens (including phenoxy) is 1. The van der Waals surface area contributed by atoms with Crippen LogP contribution < -0.4 is 0 Å². The van der Waals surface area contributed by atoms with Gasteiger partial charge in [0.05, 0.1) is 12.7 Å². The lowest BCUT2D eigenvalue weighted by molar-refractivity contribution is 0.110. The van der Waals surface area contributed by atoms with Crippen molar-refractivity contribution in [2.45, 2.75) is 20.0 Å². The quantitative estimate of drug-likeness (QED) is 0.432. The van der Waals surface area contributed by atoms with E-state index in [9.17, 15) is 0 Å². The molecule has 1 heterocycles. The van der Waals surface area contributed by atoms with Crippen LogP contribution in [0.5, 0.6) is 0 Å². The molecule has 0 radical (unpaired) electrons. The maximum atomic E-state index is 5.28. The van der Waals surface area contributed by atoms with Crippen LogP contribution in [0.4, 0.5) is 0 Å². The molecule has 0 amide bonds. The molecular formula is C7H12O. The summed E-state index contributed by atoms with van der Waals surface area (Å²) < 4.78 is 5.28. The third kappa shape index (κ3) is 0.781. The van der Waals surface area contributed by atoms with Crippen molar-refractivity contribution >= 4 is 0 Å². The first-order valence-corrected chi connectivity index (χ1v) is 3.01. The topological polar surface area (TPSA) is 9.23 Å². The Bertz CT molecular complexity index is 107. The SMILES string of the molecule is C=C1COC(C)C1C. The van der Waals surface area contributed by atoms with Gasteiger partial charge >= 0.3 is 0 Å². The van der Waals surface area contributed by atoms with E-state index in [-0.39, 0.29) is 0 Å². The second kappa shape index (κ2) is 1.90. The molecular weight excluding hydrogens is 100 g/mol. The number of rotatable bonds is 0. The minimum atomic E-state index is 0.391. The highest BCUT2D eigenvalue weighted by Gasteiger charge is 2.22. The predicted molar refractivity (Wildman–Crippen MR) is 33.7 cm³/mol. The summed E-state index contributed by atoms with van der Waals surface area (Å²) in [6.07, 6.45) is 0.391. The van der Waals surface area contributed by atoms with Gasteiger partial charge in [0.25, 0.3) is 0 Å². The molecule has 0 spiro atoms. The zero-order chi connectivity index (χ0) is 6.15. The molecule has 2 atom stereocenters. The number of hydrogen-bond acceptors (Lipinski definition) is 1. The fourth-order valence-corrected chi connectivity index (χ4v) is 0.846. The van der Waals surface area contributed by atoms with E-state index in [4.69, 9.17) is 4.74 Å². The third-order valence-electron chi connectivity index (χ3n) is 1.88. The molecule has 1 saturated heterocycles. The Morgan fingerprint density at radius 2 is 2.25 bits per heavy atom. The van der Waals surface area contributed by atoms with Crippen molar-refractivity contribution in [3.8, 4) is 0 Å². The van der Waals surface area contributed by atoms with E-state index >= 15 is 0 Å². The van der Waals surface area contributed by atoms with E-state index in [1.165, 1.54) is 5.57 Å². The first-order chi connectivity index (χ1) is 3.72. The predicted octanol–water partition coefficient (Wildman–Crippen LogP) is 1.60. The summed E-state index contributed by atoms with van der Waals surface area (Å²) in [6, 6.07) is 0. The Balaban J connectivity index is 2.56. The van der Waals surface area contributed by atoms with Crippen LogP contribution in [0.3, 0.4) is 0 Å². The molecule has 1 aliphatic heterocycles. The maximum absolute atomic E-state index is 5.28. The second-order valence-corrected chi connectivity index (χ2v) is 2.46. The van der Waals surface area contributed by atoms with Crippen LogP contribution >= 0.6 is 0 Å². The molecule has 1 fully saturated rings. The molecule has 0 aliphatic carbocycles. The van der Waals surface area contributed by atoms with Crippen molar-refractivity contribution in [2.75, 3.05) is 6.61 Å². The van der Waals surface area contributed by atoms with Crippen molar-refractivity contribution in [1.29, 1.82) is 0 Å². The second-order valence-electron chi connectivity index (χ2n) is 2.46. The van der Waals surface area contributed by atoms with Crippen molar-refractivity contribution in [1.82, 2.24) is 0 Å². The summed E-state index contributed by atoms with van der Waals surface area (Å²) >= 11 is 0. The third-order valence-corrected chi connectivity index (χ3v) is 1.88. The standard InChI is InChI=1S/C7H12O/c1-5-4-8-7(3)6(5)2/h6-7H,1,4H2,2-3H3. The van der Waals surface area contributed by atoms with Crippen LogP contribution in [0.2, 0.25) is 0 Å². The Kier molecular flexibility index (Phi) is 1.39. The van der Waals surface area contributed by atoms with Crippen LogP contribution in [-0.2, 0) is 4.74 Å². The Hall–Kier alpha value is -0.300. The van der Waals surface area contributed by atoms with Crippen LogP contribution in [0.25, 0.3) is 0 Å². The molecule has 0 aromatic carbocycles. The van der Waals surface area contributed by atoms with Gasteiger partial charge < -0.3 is 4.74 Å². The fraction of sp³-hybridized carbons (Fsp3) is 0.714. The Labute approximate surface area is 50.3 Å². The van der Waals surface area contributed by atoms with Crippen LogP contribution in [0, 0.1) is 5.92 Å². The number of hydrogen-bond donors (Lipinski definition) is 0. The zero-order valence-electron chi connectivity index (χ0n) is 5.48. The van der Waals surface area contributed by atoms with Gasteiger partial charge in [-0.15, -0.1) is 0 Å². The van der Waals surface area contributed by atoms with Crippen molar-refractivity contribution in [3.63, 3.8) is 0 Å². The summed E-state index contributed by atoms with van der Waals surface area (Å²) in [5.41, 5.74) is 1.23. The zero-order valence-corrected chi connectivity index (χ0v) is 5.48. The molecule has 46 valence electrons. The Morgan fingerprint density at radius 1 is 1.62 bits per heavy atom. The van der Waals surface area contributed by atoms with E-state index in [2.05, 4.69) is 20.4 Å². The molecule has 1 aliphatic rings. The maximum Gasteiger partial charge on any atom is 0.0681 e.